The Morgan fingerprint density at radius 3 is 2.68 bits per heavy atom. The van der Waals surface area contributed by atoms with Crippen molar-refractivity contribution in [3.63, 3.8) is 0 Å². The number of ether oxygens (including phenoxy) is 1. The number of hydrogen-bond acceptors (Lipinski definition) is 7. The highest BCUT2D eigenvalue weighted by atomic mass is 16.5. The van der Waals surface area contributed by atoms with E-state index in [4.69, 9.17) is 4.74 Å². The van der Waals surface area contributed by atoms with Crippen molar-refractivity contribution in [2.75, 3.05) is 20.2 Å². The molecule has 1 aliphatic heterocycles. The monoisotopic (exact) mass is 339 g/mol. The number of hydrogen-bond donors (Lipinski definition) is 0. The second-order valence-electron chi connectivity index (χ2n) is 6.40. The average Bonchev–Trinajstić information content (AvgIpc) is 3.07. The summed E-state index contributed by atoms with van der Waals surface area (Å²) in [5.41, 5.74) is 2.72. The van der Waals surface area contributed by atoms with Gasteiger partial charge in [0.15, 0.2) is 11.5 Å². The molecule has 0 N–H and O–H groups in total. The fourth-order valence-corrected chi connectivity index (χ4v) is 3.23. The van der Waals surface area contributed by atoms with Crippen molar-refractivity contribution in [1.82, 2.24) is 34.7 Å². The van der Waals surface area contributed by atoms with E-state index in [0.717, 1.165) is 55.3 Å². The summed E-state index contributed by atoms with van der Waals surface area (Å²) in [6.07, 6.45) is 5.74. The van der Waals surface area contributed by atoms with Gasteiger partial charge in [-0.25, -0.2) is 0 Å². The molecule has 4 rings (SSSR count). The minimum Gasteiger partial charge on any atom is -0.480 e. The van der Waals surface area contributed by atoms with E-state index in [2.05, 4.69) is 30.2 Å². The normalized spacial score (nSPS) is 16.4. The van der Waals surface area contributed by atoms with Crippen LogP contribution in [0.25, 0.3) is 5.65 Å². The van der Waals surface area contributed by atoms with Crippen LogP contribution in [0.5, 0.6) is 5.88 Å². The van der Waals surface area contributed by atoms with Gasteiger partial charge in [-0.05, 0) is 38.9 Å². The van der Waals surface area contributed by atoms with Crippen LogP contribution in [0.1, 0.15) is 36.0 Å². The summed E-state index contributed by atoms with van der Waals surface area (Å²) >= 11 is 0. The maximum Gasteiger partial charge on any atom is 0.231 e. The molecule has 4 heterocycles. The number of piperidine rings is 1. The minimum atomic E-state index is 0.356. The molecule has 1 fully saturated rings. The average molecular weight is 339 g/mol. The maximum absolute atomic E-state index is 5.22. The van der Waals surface area contributed by atoms with Crippen LogP contribution in [0.3, 0.4) is 0 Å². The highest BCUT2D eigenvalue weighted by Crippen LogP contribution is 2.27. The van der Waals surface area contributed by atoms with Gasteiger partial charge in [-0.1, -0.05) is 0 Å². The highest BCUT2D eigenvalue weighted by molar-refractivity contribution is 5.38. The first-order valence-corrected chi connectivity index (χ1v) is 8.49. The van der Waals surface area contributed by atoms with E-state index in [0.29, 0.717) is 11.8 Å². The molecule has 8 heteroatoms. The Bertz CT molecular complexity index is 853. The first-order chi connectivity index (χ1) is 12.2. The third kappa shape index (κ3) is 3.30. The van der Waals surface area contributed by atoms with Crippen LogP contribution in [-0.2, 0) is 6.54 Å². The molecule has 3 aromatic heterocycles. The standard InChI is InChI=1S/C17H21N7O/c1-12-9-19-14(10-18-12)11-23-7-5-13(6-8-23)17-21-20-15-3-4-16(25-2)22-24(15)17/h3-4,9-10,13H,5-8,11H2,1-2H3. The van der Waals surface area contributed by atoms with Crippen LogP contribution < -0.4 is 4.74 Å². The molecular formula is C17H21N7O. The lowest BCUT2D eigenvalue weighted by atomic mass is 9.96. The second-order valence-corrected chi connectivity index (χ2v) is 6.40. The van der Waals surface area contributed by atoms with Gasteiger partial charge in [0.1, 0.15) is 0 Å². The molecule has 0 bridgehead atoms. The number of nitrogens with zero attached hydrogens (tertiary/aromatic N) is 7. The van der Waals surface area contributed by atoms with Crippen LogP contribution in [0.2, 0.25) is 0 Å². The van der Waals surface area contributed by atoms with Crippen molar-refractivity contribution in [3.05, 3.63) is 41.7 Å². The summed E-state index contributed by atoms with van der Waals surface area (Å²) in [6, 6.07) is 3.69. The number of rotatable bonds is 4. The molecule has 0 aromatic carbocycles. The molecule has 0 saturated carbocycles. The summed E-state index contributed by atoms with van der Waals surface area (Å²) in [6.45, 7) is 4.79. The van der Waals surface area contributed by atoms with Gasteiger partial charge in [-0.15, -0.1) is 15.3 Å². The Balaban J connectivity index is 1.44. The molecule has 0 radical (unpaired) electrons. The number of aromatic nitrogens is 6. The quantitative estimate of drug-likeness (QED) is 0.714. The molecule has 0 unspecified atom stereocenters. The predicted octanol–water partition coefficient (Wildman–Crippen LogP) is 1.61. The molecule has 1 saturated heterocycles. The van der Waals surface area contributed by atoms with Gasteiger partial charge in [-0.3, -0.25) is 14.9 Å². The largest absolute Gasteiger partial charge is 0.480 e. The van der Waals surface area contributed by atoms with E-state index >= 15 is 0 Å². The van der Waals surface area contributed by atoms with Gasteiger partial charge in [0, 0.05) is 30.9 Å². The maximum atomic E-state index is 5.22. The van der Waals surface area contributed by atoms with Crippen LogP contribution in [-0.4, -0.2) is 54.9 Å². The summed E-state index contributed by atoms with van der Waals surface area (Å²) in [4.78, 5) is 11.2. The Labute approximate surface area is 145 Å². The zero-order valence-corrected chi connectivity index (χ0v) is 14.5. The van der Waals surface area contributed by atoms with E-state index in [1.54, 1.807) is 13.2 Å². The first-order valence-electron chi connectivity index (χ1n) is 8.49. The summed E-state index contributed by atoms with van der Waals surface area (Å²) in [5.74, 6) is 1.85. The molecule has 130 valence electrons. The molecule has 8 nitrogen and oxygen atoms in total. The first kappa shape index (κ1) is 15.9. The molecule has 0 aliphatic carbocycles. The predicted molar refractivity (Wildman–Crippen MR) is 91.4 cm³/mol. The molecular weight excluding hydrogens is 318 g/mol. The van der Waals surface area contributed by atoms with Gasteiger partial charge >= 0.3 is 0 Å². The van der Waals surface area contributed by atoms with Crippen molar-refractivity contribution in [2.24, 2.45) is 0 Å². The number of methoxy groups -OCH3 is 1. The van der Waals surface area contributed by atoms with Gasteiger partial charge in [-0.2, -0.15) is 4.52 Å². The highest BCUT2D eigenvalue weighted by Gasteiger charge is 2.25. The van der Waals surface area contributed by atoms with Gasteiger partial charge in [0.25, 0.3) is 0 Å². The van der Waals surface area contributed by atoms with E-state index in [1.807, 2.05) is 29.9 Å². The molecule has 25 heavy (non-hydrogen) atoms. The van der Waals surface area contributed by atoms with E-state index < -0.39 is 0 Å². The van der Waals surface area contributed by atoms with Crippen molar-refractivity contribution >= 4 is 5.65 Å². The minimum absolute atomic E-state index is 0.356. The van der Waals surface area contributed by atoms with E-state index in [1.165, 1.54) is 0 Å². The molecule has 0 atom stereocenters. The Kier molecular flexibility index (Phi) is 4.27. The van der Waals surface area contributed by atoms with Gasteiger partial charge < -0.3 is 4.74 Å². The molecule has 0 amide bonds. The summed E-state index contributed by atoms with van der Waals surface area (Å²) in [5, 5.41) is 13.1. The van der Waals surface area contributed by atoms with Crippen molar-refractivity contribution in [1.29, 1.82) is 0 Å². The van der Waals surface area contributed by atoms with Crippen LogP contribution >= 0.6 is 0 Å². The number of likely N-dealkylation sites (tertiary alicyclic amines) is 1. The van der Waals surface area contributed by atoms with E-state index in [9.17, 15) is 0 Å². The lowest BCUT2D eigenvalue weighted by molar-refractivity contribution is 0.198. The van der Waals surface area contributed by atoms with Crippen molar-refractivity contribution in [3.8, 4) is 5.88 Å². The smallest absolute Gasteiger partial charge is 0.231 e. The zero-order valence-electron chi connectivity index (χ0n) is 14.5. The Morgan fingerprint density at radius 2 is 1.96 bits per heavy atom. The van der Waals surface area contributed by atoms with Gasteiger partial charge in [0.05, 0.1) is 18.5 Å². The van der Waals surface area contributed by atoms with Crippen LogP contribution in [0.15, 0.2) is 24.5 Å². The number of fused-ring (bicyclic) bond motifs is 1. The lowest BCUT2D eigenvalue weighted by Crippen LogP contribution is -2.33. The van der Waals surface area contributed by atoms with Crippen molar-refractivity contribution in [2.45, 2.75) is 32.2 Å². The Morgan fingerprint density at radius 1 is 1.12 bits per heavy atom. The molecule has 0 spiro atoms. The zero-order chi connectivity index (χ0) is 17.2. The molecule has 3 aromatic rings. The van der Waals surface area contributed by atoms with Gasteiger partial charge in [0.2, 0.25) is 5.88 Å². The SMILES string of the molecule is COc1ccc2nnc(C3CCN(Cc4cnc(C)cn4)CC3)n2n1. The summed E-state index contributed by atoms with van der Waals surface area (Å²) < 4.78 is 7.03. The van der Waals surface area contributed by atoms with Crippen LogP contribution in [0.4, 0.5) is 0 Å². The molecule has 1 aliphatic rings. The third-order valence-corrected chi connectivity index (χ3v) is 4.64. The Hall–Kier alpha value is -2.61. The second kappa shape index (κ2) is 6.72. The summed E-state index contributed by atoms with van der Waals surface area (Å²) in [7, 11) is 1.62. The van der Waals surface area contributed by atoms with E-state index in [-0.39, 0.29) is 0 Å². The fraction of sp³-hybridized carbons (Fsp3) is 0.471. The lowest BCUT2D eigenvalue weighted by Gasteiger charge is -2.30. The fourth-order valence-electron chi connectivity index (χ4n) is 3.23. The van der Waals surface area contributed by atoms with Crippen molar-refractivity contribution < 1.29 is 4.74 Å². The van der Waals surface area contributed by atoms with Crippen LogP contribution in [0, 0.1) is 6.92 Å². The number of aryl methyl sites for hydroxylation is 1. The third-order valence-electron chi connectivity index (χ3n) is 4.64. The topological polar surface area (TPSA) is 81.3 Å².